The van der Waals surface area contributed by atoms with E-state index < -0.39 is 0 Å². The molecule has 11 aromatic carbocycles. The second-order valence-electron chi connectivity index (χ2n) is 16.7. The zero-order valence-electron chi connectivity index (χ0n) is 33.5. The Hall–Kier alpha value is -8.14. The van der Waals surface area contributed by atoms with Crippen molar-refractivity contribution in [2.75, 3.05) is 0 Å². The van der Waals surface area contributed by atoms with Gasteiger partial charge in [-0.15, -0.1) is 0 Å². The van der Waals surface area contributed by atoms with Crippen molar-refractivity contribution in [1.29, 1.82) is 0 Å². The minimum atomic E-state index is -0.231. The maximum absolute atomic E-state index is 5.72. The van der Waals surface area contributed by atoms with E-state index in [1.807, 2.05) is 0 Å². The van der Waals surface area contributed by atoms with Gasteiger partial charge < -0.3 is 4.57 Å². The summed E-state index contributed by atoms with van der Waals surface area (Å²) in [4.78, 5) is 11.3. The van der Waals surface area contributed by atoms with Gasteiger partial charge in [0.05, 0.1) is 28.2 Å². The molecule has 62 heavy (non-hydrogen) atoms. The molecule has 1 atom stereocenters. The molecule has 2 heterocycles. The first-order valence-electron chi connectivity index (χ1n) is 21.5. The van der Waals surface area contributed by atoms with Crippen molar-refractivity contribution in [3.63, 3.8) is 0 Å². The highest BCUT2D eigenvalue weighted by molar-refractivity contribution is 6.42. The third kappa shape index (κ3) is 4.49. The number of benzene rings is 11. The average molecular weight is 786 g/mol. The van der Waals surface area contributed by atoms with E-state index in [9.17, 15) is 0 Å². The van der Waals surface area contributed by atoms with Crippen LogP contribution in [0.1, 0.15) is 22.9 Å². The van der Waals surface area contributed by atoms with Gasteiger partial charge in [-0.05, 0) is 83.5 Å². The van der Waals surface area contributed by atoms with Crippen LogP contribution < -0.4 is 0 Å². The number of para-hydroxylation sites is 1. The molecular weight excluding hydrogens is 751 g/mol. The smallest absolute Gasteiger partial charge is 0.141 e. The minimum Gasteiger partial charge on any atom is -0.308 e. The van der Waals surface area contributed by atoms with Crippen molar-refractivity contribution in [2.24, 2.45) is 0 Å². The predicted octanol–water partition coefficient (Wildman–Crippen LogP) is 15.3. The third-order valence-electron chi connectivity index (χ3n) is 13.6. The Bertz CT molecular complexity index is 4030. The Balaban J connectivity index is 1.21. The Morgan fingerprint density at radius 3 is 1.68 bits per heavy atom. The fourth-order valence-electron chi connectivity index (χ4n) is 11.1. The van der Waals surface area contributed by atoms with Crippen LogP contribution in [0.25, 0.3) is 115 Å². The van der Waals surface area contributed by atoms with Gasteiger partial charge in [-0.1, -0.05) is 188 Å². The van der Waals surface area contributed by atoms with Crippen LogP contribution in [0.15, 0.2) is 206 Å². The molecule has 2 aromatic heterocycles. The fourth-order valence-corrected chi connectivity index (χ4v) is 11.1. The van der Waals surface area contributed by atoms with E-state index in [0.29, 0.717) is 0 Å². The molecule has 0 N–H and O–H groups in total. The Morgan fingerprint density at radius 1 is 0.355 bits per heavy atom. The molecule has 0 fully saturated rings. The number of hydrogen-bond donors (Lipinski definition) is 0. The number of fused-ring (bicyclic) bond motifs is 20. The Kier molecular flexibility index (Phi) is 6.89. The third-order valence-corrected chi connectivity index (χ3v) is 13.6. The Morgan fingerprint density at radius 2 is 0.935 bits per heavy atom. The number of aromatic nitrogens is 3. The summed E-state index contributed by atoms with van der Waals surface area (Å²) in [6, 6.07) is 75.3. The summed E-state index contributed by atoms with van der Waals surface area (Å²) >= 11 is 0. The van der Waals surface area contributed by atoms with Crippen molar-refractivity contribution >= 4 is 86.6 Å². The van der Waals surface area contributed by atoms with Crippen molar-refractivity contribution in [3.05, 3.63) is 223 Å². The molecule has 0 spiro atoms. The van der Waals surface area contributed by atoms with Gasteiger partial charge in [0.25, 0.3) is 0 Å². The van der Waals surface area contributed by atoms with E-state index >= 15 is 0 Å². The lowest BCUT2D eigenvalue weighted by Crippen LogP contribution is -2.09. The highest BCUT2D eigenvalue weighted by atomic mass is 15.0. The van der Waals surface area contributed by atoms with Crippen LogP contribution in [0.5, 0.6) is 0 Å². The first-order valence-corrected chi connectivity index (χ1v) is 21.5. The van der Waals surface area contributed by atoms with Gasteiger partial charge in [0.1, 0.15) is 5.82 Å². The summed E-state index contributed by atoms with van der Waals surface area (Å²) in [5.41, 5.74) is 11.5. The van der Waals surface area contributed by atoms with Gasteiger partial charge in [0.15, 0.2) is 0 Å². The summed E-state index contributed by atoms with van der Waals surface area (Å²) in [5.74, 6) is 0.575. The van der Waals surface area contributed by atoms with Crippen LogP contribution in [0.4, 0.5) is 0 Å². The van der Waals surface area contributed by atoms with Gasteiger partial charge in [-0.25, -0.2) is 9.97 Å². The van der Waals surface area contributed by atoms with Crippen molar-refractivity contribution in [3.8, 4) is 28.1 Å². The molecule has 1 unspecified atom stereocenters. The Labute approximate surface area is 356 Å². The van der Waals surface area contributed by atoms with E-state index in [1.54, 1.807) is 0 Å². The average Bonchev–Trinajstić information content (AvgIpc) is 3.88. The summed E-state index contributed by atoms with van der Waals surface area (Å²) in [5, 5.41) is 16.1. The van der Waals surface area contributed by atoms with Gasteiger partial charge >= 0.3 is 0 Å². The maximum atomic E-state index is 5.72. The van der Waals surface area contributed by atoms with Gasteiger partial charge in [-0.3, -0.25) is 0 Å². The first kappa shape index (κ1) is 33.7. The lowest BCUT2D eigenvalue weighted by molar-refractivity contribution is 0.893. The van der Waals surface area contributed by atoms with Crippen molar-refractivity contribution < 1.29 is 0 Å². The molecule has 1 aliphatic carbocycles. The number of rotatable bonds is 3. The number of nitrogens with zero attached hydrogens (tertiary/aromatic N) is 3. The van der Waals surface area contributed by atoms with Gasteiger partial charge in [0, 0.05) is 38.2 Å². The minimum absolute atomic E-state index is 0.231. The monoisotopic (exact) mass is 785 g/mol. The summed E-state index contributed by atoms with van der Waals surface area (Å²) in [6.07, 6.45) is 0. The number of hydrogen-bond acceptors (Lipinski definition) is 2. The zero-order chi connectivity index (χ0) is 40.5. The van der Waals surface area contributed by atoms with E-state index in [4.69, 9.17) is 9.97 Å². The molecule has 13 aromatic rings. The highest BCUT2D eigenvalue weighted by Gasteiger charge is 2.37. The maximum Gasteiger partial charge on any atom is 0.141 e. The zero-order valence-corrected chi connectivity index (χ0v) is 33.5. The van der Waals surface area contributed by atoms with Crippen LogP contribution in [-0.4, -0.2) is 14.5 Å². The molecule has 0 aliphatic heterocycles. The topological polar surface area (TPSA) is 30.7 Å². The highest BCUT2D eigenvalue weighted by Crippen LogP contribution is 2.55. The lowest BCUT2D eigenvalue weighted by Gasteiger charge is -2.19. The second-order valence-corrected chi connectivity index (χ2v) is 16.7. The van der Waals surface area contributed by atoms with Crippen LogP contribution in [-0.2, 0) is 0 Å². The molecule has 3 nitrogen and oxygen atoms in total. The molecule has 1 aliphatic rings. The normalized spacial score (nSPS) is 13.6. The fraction of sp³-hybridized carbons (Fsp3) is 0.0169. The van der Waals surface area contributed by atoms with Crippen LogP contribution in [0.3, 0.4) is 0 Å². The van der Waals surface area contributed by atoms with E-state index in [1.165, 1.54) is 92.5 Å². The summed E-state index contributed by atoms with van der Waals surface area (Å²) in [6.45, 7) is 0. The van der Waals surface area contributed by atoms with E-state index in [-0.39, 0.29) is 5.92 Å². The molecular formula is C59H35N3. The molecule has 0 saturated carbocycles. The molecule has 14 rings (SSSR count). The molecule has 0 radical (unpaired) electrons. The first-order chi connectivity index (χ1) is 30.8. The molecule has 0 amide bonds. The largest absolute Gasteiger partial charge is 0.308 e. The van der Waals surface area contributed by atoms with Crippen LogP contribution in [0, 0.1) is 0 Å². The molecule has 0 bridgehead atoms. The molecule has 0 saturated heterocycles. The summed E-state index contributed by atoms with van der Waals surface area (Å²) < 4.78 is 2.59. The summed E-state index contributed by atoms with van der Waals surface area (Å²) in [7, 11) is 0. The standard InChI is InChI=1S/C59H35N3/c1-3-18-36(19-4-1)56-52-38-22-8-7-17-35(38)31-34-49(52)60-59(61-56)55-44-28-14-11-25-41(44)47-32-33-48-51-46-30-16-15-29-45(46)50-42-26-12-9-23-39(42)40-24-10-13-27-43(40)53(50)58(51)62(57(48)54(47)55)37-20-5-2-6-21-37/h1-34,55H. The van der Waals surface area contributed by atoms with Crippen LogP contribution in [0.2, 0.25) is 0 Å². The van der Waals surface area contributed by atoms with Crippen molar-refractivity contribution in [1.82, 2.24) is 14.5 Å². The molecule has 3 heteroatoms. The SMILES string of the molecule is c1ccc(-c2nc(C3c4ccccc4-c4ccc5c6c7ccccc7c7c8ccccc8c8ccccc8c7c6n(-c6ccccc6)c5c43)nc3ccc4ccccc4c23)cc1. The van der Waals surface area contributed by atoms with Crippen molar-refractivity contribution in [2.45, 2.75) is 5.92 Å². The second kappa shape index (κ2) is 12.7. The van der Waals surface area contributed by atoms with Gasteiger partial charge in [-0.2, -0.15) is 0 Å². The quantitative estimate of drug-likeness (QED) is 0.167. The van der Waals surface area contributed by atoms with Crippen LogP contribution >= 0.6 is 0 Å². The van der Waals surface area contributed by atoms with E-state index in [0.717, 1.165) is 39.1 Å². The lowest BCUT2D eigenvalue weighted by atomic mass is 9.88. The predicted molar refractivity (Wildman–Crippen MR) is 260 cm³/mol. The van der Waals surface area contributed by atoms with Gasteiger partial charge in [0.2, 0.25) is 0 Å². The molecule has 286 valence electrons. The van der Waals surface area contributed by atoms with E-state index in [2.05, 4.69) is 211 Å².